The Bertz CT molecular complexity index is 342. The van der Waals surface area contributed by atoms with Gasteiger partial charge in [0.1, 0.15) is 18.1 Å². The van der Waals surface area contributed by atoms with Crippen molar-refractivity contribution >= 4 is 15.9 Å². The molecule has 0 amide bonds. The van der Waals surface area contributed by atoms with E-state index in [1.54, 1.807) is 7.11 Å². The van der Waals surface area contributed by atoms with Crippen LogP contribution in [0.3, 0.4) is 0 Å². The first-order valence-corrected chi connectivity index (χ1v) is 6.60. The zero-order chi connectivity index (χ0) is 12.7. The molecule has 0 aliphatic carbocycles. The van der Waals surface area contributed by atoms with Crippen molar-refractivity contribution in [1.82, 2.24) is 5.32 Å². The molecule has 0 aliphatic heterocycles. The molecule has 3 nitrogen and oxygen atoms in total. The lowest BCUT2D eigenvalue weighted by Crippen LogP contribution is -2.24. The Morgan fingerprint density at radius 2 is 2.12 bits per heavy atom. The third-order valence-electron chi connectivity index (χ3n) is 2.23. The summed E-state index contributed by atoms with van der Waals surface area (Å²) in [6, 6.07) is 5.70. The molecule has 0 spiro atoms. The maximum atomic E-state index is 5.65. The van der Waals surface area contributed by atoms with Gasteiger partial charge >= 0.3 is 0 Å². The minimum Gasteiger partial charge on any atom is -0.497 e. The van der Waals surface area contributed by atoms with E-state index in [4.69, 9.17) is 9.47 Å². The summed E-state index contributed by atoms with van der Waals surface area (Å²) in [6.45, 7) is 6.92. The molecule has 17 heavy (non-hydrogen) atoms. The molecule has 4 heteroatoms. The van der Waals surface area contributed by atoms with E-state index in [1.807, 2.05) is 18.2 Å². The van der Waals surface area contributed by atoms with Crippen molar-refractivity contribution in [3.05, 3.63) is 22.7 Å². The number of rotatable bonds is 7. The van der Waals surface area contributed by atoms with E-state index in [-0.39, 0.29) is 0 Å². The second kappa shape index (κ2) is 7.56. The van der Waals surface area contributed by atoms with Crippen molar-refractivity contribution in [3.8, 4) is 11.5 Å². The van der Waals surface area contributed by atoms with Crippen LogP contribution in [0.5, 0.6) is 11.5 Å². The summed E-state index contributed by atoms with van der Waals surface area (Å²) in [4.78, 5) is 0. The first-order valence-electron chi connectivity index (χ1n) is 5.80. The molecule has 0 heterocycles. The molecule has 96 valence electrons. The maximum absolute atomic E-state index is 5.65. The van der Waals surface area contributed by atoms with E-state index >= 15 is 0 Å². The third kappa shape index (κ3) is 5.41. The Kier molecular flexibility index (Phi) is 6.37. The number of halogens is 1. The largest absolute Gasteiger partial charge is 0.497 e. The Morgan fingerprint density at radius 1 is 1.35 bits per heavy atom. The quantitative estimate of drug-likeness (QED) is 0.785. The van der Waals surface area contributed by atoms with E-state index in [1.165, 1.54) is 0 Å². The zero-order valence-corrected chi connectivity index (χ0v) is 12.2. The molecule has 0 fully saturated rings. The Balaban J connectivity index is 2.32. The average Bonchev–Trinajstić information content (AvgIpc) is 2.30. The average molecular weight is 302 g/mol. The predicted octanol–water partition coefficient (Wildman–Crippen LogP) is 3.08. The lowest BCUT2D eigenvalue weighted by molar-refractivity contribution is 0.308. The highest BCUT2D eigenvalue weighted by molar-refractivity contribution is 9.10. The van der Waals surface area contributed by atoms with Crippen molar-refractivity contribution in [1.29, 1.82) is 0 Å². The van der Waals surface area contributed by atoms with Gasteiger partial charge < -0.3 is 14.8 Å². The van der Waals surface area contributed by atoms with Gasteiger partial charge in [0.2, 0.25) is 0 Å². The van der Waals surface area contributed by atoms with Gasteiger partial charge in [-0.3, -0.25) is 0 Å². The molecular weight excluding hydrogens is 282 g/mol. The lowest BCUT2D eigenvalue weighted by Gasteiger charge is -2.11. The fourth-order valence-corrected chi connectivity index (χ4v) is 1.82. The van der Waals surface area contributed by atoms with Crippen LogP contribution in [0.25, 0.3) is 0 Å². The van der Waals surface area contributed by atoms with Crippen LogP contribution >= 0.6 is 15.9 Å². The van der Waals surface area contributed by atoms with Gasteiger partial charge in [0.25, 0.3) is 0 Å². The summed E-state index contributed by atoms with van der Waals surface area (Å²) < 4.78 is 11.7. The van der Waals surface area contributed by atoms with Crippen molar-refractivity contribution < 1.29 is 9.47 Å². The number of hydrogen-bond donors (Lipinski definition) is 1. The number of methoxy groups -OCH3 is 1. The van der Waals surface area contributed by atoms with Crippen LogP contribution < -0.4 is 14.8 Å². The minimum atomic E-state index is 0.664. The molecule has 1 rings (SSSR count). The number of hydrogen-bond acceptors (Lipinski definition) is 3. The molecule has 1 aromatic rings. The fraction of sp³-hybridized carbons (Fsp3) is 0.538. The van der Waals surface area contributed by atoms with E-state index in [2.05, 4.69) is 35.1 Å². The molecule has 0 aromatic heterocycles. The standard InChI is InChI=1S/C13H20BrNO2/c1-10(2)9-15-6-7-17-13-5-4-11(16-3)8-12(13)14/h4-5,8,10,15H,6-7,9H2,1-3H3. The maximum Gasteiger partial charge on any atom is 0.133 e. The van der Waals surface area contributed by atoms with Crippen LogP contribution in [-0.4, -0.2) is 26.8 Å². The minimum absolute atomic E-state index is 0.664. The topological polar surface area (TPSA) is 30.5 Å². The number of ether oxygens (including phenoxy) is 2. The van der Waals surface area contributed by atoms with Gasteiger partial charge in [0, 0.05) is 6.54 Å². The van der Waals surface area contributed by atoms with Crippen LogP contribution in [0.15, 0.2) is 22.7 Å². The summed E-state index contributed by atoms with van der Waals surface area (Å²) in [5.41, 5.74) is 0. The van der Waals surface area contributed by atoms with Gasteiger partial charge in [-0.2, -0.15) is 0 Å². The van der Waals surface area contributed by atoms with E-state index in [0.717, 1.165) is 29.1 Å². The molecular formula is C13H20BrNO2. The Morgan fingerprint density at radius 3 is 2.71 bits per heavy atom. The van der Waals surface area contributed by atoms with Gasteiger partial charge in [0.15, 0.2) is 0 Å². The van der Waals surface area contributed by atoms with E-state index in [9.17, 15) is 0 Å². The fourth-order valence-electron chi connectivity index (χ4n) is 1.35. The summed E-state index contributed by atoms with van der Waals surface area (Å²) in [5, 5.41) is 3.33. The van der Waals surface area contributed by atoms with Crippen LogP contribution in [0, 0.1) is 5.92 Å². The highest BCUT2D eigenvalue weighted by atomic mass is 79.9. The summed E-state index contributed by atoms with van der Waals surface area (Å²) >= 11 is 3.45. The third-order valence-corrected chi connectivity index (χ3v) is 2.85. The normalized spacial score (nSPS) is 10.6. The number of benzene rings is 1. The second-order valence-electron chi connectivity index (χ2n) is 4.24. The first kappa shape index (κ1) is 14.3. The van der Waals surface area contributed by atoms with E-state index in [0.29, 0.717) is 12.5 Å². The molecule has 1 aromatic carbocycles. The summed E-state index contributed by atoms with van der Waals surface area (Å²) in [5.74, 6) is 2.34. The Hall–Kier alpha value is -0.740. The summed E-state index contributed by atoms with van der Waals surface area (Å²) in [6.07, 6.45) is 0. The van der Waals surface area contributed by atoms with E-state index < -0.39 is 0 Å². The monoisotopic (exact) mass is 301 g/mol. The second-order valence-corrected chi connectivity index (χ2v) is 5.10. The first-order chi connectivity index (χ1) is 8.13. The van der Waals surface area contributed by atoms with Crippen molar-refractivity contribution in [2.24, 2.45) is 5.92 Å². The molecule has 0 aliphatic rings. The smallest absolute Gasteiger partial charge is 0.133 e. The van der Waals surface area contributed by atoms with Crippen molar-refractivity contribution in [2.75, 3.05) is 26.8 Å². The van der Waals surface area contributed by atoms with Gasteiger partial charge in [-0.05, 0) is 46.6 Å². The van der Waals surface area contributed by atoms with Crippen LogP contribution in [0.4, 0.5) is 0 Å². The van der Waals surface area contributed by atoms with Gasteiger partial charge in [-0.15, -0.1) is 0 Å². The SMILES string of the molecule is COc1ccc(OCCNCC(C)C)c(Br)c1. The molecule has 0 saturated heterocycles. The van der Waals surface area contributed by atoms with Gasteiger partial charge in [-0.25, -0.2) is 0 Å². The molecule has 0 radical (unpaired) electrons. The van der Waals surface area contributed by atoms with Crippen molar-refractivity contribution in [3.63, 3.8) is 0 Å². The molecule has 0 saturated carbocycles. The molecule has 0 unspecified atom stereocenters. The zero-order valence-electron chi connectivity index (χ0n) is 10.6. The molecule has 0 atom stereocenters. The molecule has 1 N–H and O–H groups in total. The lowest BCUT2D eigenvalue weighted by atomic mass is 10.2. The van der Waals surface area contributed by atoms with Crippen LogP contribution in [0.2, 0.25) is 0 Å². The number of nitrogens with one attached hydrogen (secondary N) is 1. The van der Waals surface area contributed by atoms with Gasteiger partial charge in [-0.1, -0.05) is 13.8 Å². The Labute approximate surface area is 112 Å². The van der Waals surface area contributed by atoms with Crippen molar-refractivity contribution in [2.45, 2.75) is 13.8 Å². The highest BCUT2D eigenvalue weighted by Gasteiger charge is 2.02. The van der Waals surface area contributed by atoms with Crippen LogP contribution in [-0.2, 0) is 0 Å². The van der Waals surface area contributed by atoms with Gasteiger partial charge in [0.05, 0.1) is 11.6 Å². The molecule has 0 bridgehead atoms. The highest BCUT2D eigenvalue weighted by Crippen LogP contribution is 2.28. The predicted molar refractivity (Wildman–Crippen MR) is 73.9 cm³/mol. The van der Waals surface area contributed by atoms with Crippen LogP contribution in [0.1, 0.15) is 13.8 Å². The summed E-state index contributed by atoms with van der Waals surface area (Å²) in [7, 11) is 1.65.